The molecule has 8 heteroatoms. The number of aryl methyl sites for hydroxylation is 1. The Labute approximate surface area is 191 Å². The summed E-state index contributed by atoms with van der Waals surface area (Å²) in [6.07, 6.45) is 0.240. The molecule has 0 aliphatic rings. The monoisotopic (exact) mass is 472 g/mol. The molecular weight excluding hydrogens is 447 g/mol. The van der Waals surface area contributed by atoms with Crippen LogP contribution in [-0.2, 0) is 9.53 Å². The van der Waals surface area contributed by atoms with E-state index in [0.717, 1.165) is 10.5 Å². The van der Waals surface area contributed by atoms with Crippen molar-refractivity contribution in [2.75, 3.05) is 12.4 Å². The summed E-state index contributed by atoms with van der Waals surface area (Å²) in [5.74, 6) is 0.291. The van der Waals surface area contributed by atoms with Crippen LogP contribution in [0.3, 0.4) is 0 Å². The quantitative estimate of drug-likeness (QED) is 0.383. The van der Waals surface area contributed by atoms with Crippen molar-refractivity contribution in [3.8, 4) is 11.5 Å². The summed E-state index contributed by atoms with van der Waals surface area (Å²) in [7, 11) is 0. The Kier molecular flexibility index (Phi) is 8.73. The second kappa shape index (κ2) is 10.6. The minimum Gasteiger partial charge on any atom is -0.508 e. The Bertz CT molecular complexity index is 901. The van der Waals surface area contributed by atoms with Crippen LogP contribution in [0.5, 0.6) is 11.5 Å². The molecule has 0 bridgehead atoms. The zero-order chi connectivity index (χ0) is 22.5. The summed E-state index contributed by atoms with van der Waals surface area (Å²) >= 11 is 14.0. The topological polar surface area (TPSA) is 76.0 Å². The normalized spacial score (nSPS) is 12.6. The van der Waals surface area contributed by atoms with Crippen LogP contribution < -0.4 is 4.74 Å². The molecule has 1 atom stereocenters. The number of thioether (sulfide) groups is 1. The lowest BCUT2D eigenvalue weighted by atomic mass is 10.1. The molecule has 0 saturated heterocycles. The van der Waals surface area contributed by atoms with Gasteiger partial charge in [0, 0.05) is 22.8 Å². The summed E-state index contributed by atoms with van der Waals surface area (Å²) in [4.78, 5) is 12.3. The second-order valence-corrected chi connectivity index (χ2v) is 9.17. The van der Waals surface area contributed by atoms with Gasteiger partial charge in [-0.15, -0.1) is 11.8 Å². The van der Waals surface area contributed by atoms with E-state index in [0.29, 0.717) is 40.1 Å². The lowest BCUT2D eigenvalue weighted by Crippen LogP contribution is -2.38. The Balaban J connectivity index is 2.07. The Hall–Kier alpha value is -1.60. The van der Waals surface area contributed by atoms with Crippen molar-refractivity contribution in [3.05, 3.63) is 51.5 Å². The fraction of sp³-hybridized carbons (Fsp3) is 0.409. The molecule has 0 spiro atoms. The van der Waals surface area contributed by atoms with Crippen molar-refractivity contribution in [1.29, 1.82) is 0 Å². The molecule has 0 fully saturated rings. The lowest BCUT2D eigenvalue weighted by molar-refractivity contribution is -0.152. The second-order valence-electron chi connectivity index (χ2n) is 7.22. The largest absolute Gasteiger partial charge is 0.508 e. The van der Waals surface area contributed by atoms with Gasteiger partial charge in [-0.2, -0.15) is 0 Å². The molecule has 0 aliphatic heterocycles. The number of carboxylic acids is 1. The SMILES string of the molecule is CCOC(CCSc1ccc(OC(C)(C)C(=O)O)c(C)c1)c1c(O)ccc(Cl)c1Cl. The third kappa shape index (κ3) is 6.20. The van der Waals surface area contributed by atoms with Gasteiger partial charge < -0.3 is 19.7 Å². The number of phenolic OH excluding ortho intramolecular Hbond substituents is 1. The van der Waals surface area contributed by atoms with Crippen molar-refractivity contribution in [2.24, 2.45) is 0 Å². The van der Waals surface area contributed by atoms with Crippen LogP contribution in [0.2, 0.25) is 10.0 Å². The van der Waals surface area contributed by atoms with Crippen LogP contribution in [0.25, 0.3) is 0 Å². The first-order valence-corrected chi connectivity index (χ1v) is 11.2. The summed E-state index contributed by atoms with van der Waals surface area (Å²) in [6.45, 7) is 7.27. The smallest absolute Gasteiger partial charge is 0.347 e. The Morgan fingerprint density at radius 2 is 1.93 bits per heavy atom. The van der Waals surface area contributed by atoms with Crippen LogP contribution in [-0.4, -0.2) is 34.1 Å². The highest BCUT2D eigenvalue weighted by Crippen LogP contribution is 2.40. The summed E-state index contributed by atoms with van der Waals surface area (Å²) in [6, 6.07) is 8.70. The molecule has 0 amide bonds. The third-order valence-electron chi connectivity index (χ3n) is 4.47. The van der Waals surface area contributed by atoms with Gasteiger partial charge in [0.25, 0.3) is 0 Å². The molecule has 1 unspecified atom stereocenters. The van der Waals surface area contributed by atoms with Crippen molar-refractivity contribution in [1.82, 2.24) is 0 Å². The molecule has 164 valence electrons. The lowest BCUT2D eigenvalue weighted by Gasteiger charge is -2.23. The molecule has 30 heavy (non-hydrogen) atoms. The van der Waals surface area contributed by atoms with E-state index >= 15 is 0 Å². The molecule has 0 aromatic heterocycles. The van der Waals surface area contributed by atoms with Crippen molar-refractivity contribution >= 4 is 40.9 Å². The van der Waals surface area contributed by atoms with Crippen LogP contribution >= 0.6 is 35.0 Å². The standard InChI is InChI=1S/C22H26Cl2O5S/c1-5-28-18(19-16(25)8-7-15(23)20(19)24)10-11-30-14-6-9-17(13(2)12-14)29-22(3,4)21(26)27/h6-9,12,18,25H,5,10-11H2,1-4H3,(H,26,27). The summed E-state index contributed by atoms with van der Waals surface area (Å²) in [5.41, 5.74) is 0.0520. The molecule has 0 heterocycles. The van der Waals surface area contributed by atoms with E-state index < -0.39 is 11.6 Å². The molecule has 2 N–H and O–H groups in total. The van der Waals surface area contributed by atoms with Crippen molar-refractivity contribution in [2.45, 2.75) is 50.7 Å². The van der Waals surface area contributed by atoms with Gasteiger partial charge >= 0.3 is 5.97 Å². The van der Waals surface area contributed by atoms with Gasteiger partial charge in [-0.3, -0.25) is 0 Å². The van der Waals surface area contributed by atoms with Gasteiger partial charge in [-0.25, -0.2) is 4.79 Å². The van der Waals surface area contributed by atoms with E-state index in [9.17, 15) is 15.0 Å². The molecule has 0 saturated carbocycles. The van der Waals surface area contributed by atoms with Gasteiger partial charge in [0.2, 0.25) is 0 Å². The zero-order valence-electron chi connectivity index (χ0n) is 17.4. The van der Waals surface area contributed by atoms with Crippen LogP contribution in [0.4, 0.5) is 0 Å². The molecule has 0 aliphatic carbocycles. The van der Waals surface area contributed by atoms with E-state index in [1.165, 1.54) is 19.9 Å². The number of aromatic hydroxyl groups is 1. The number of ether oxygens (including phenoxy) is 2. The minimum atomic E-state index is -1.30. The van der Waals surface area contributed by atoms with E-state index in [1.807, 2.05) is 26.0 Å². The molecule has 2 aromatic rings. The summed E-state index contributed by atoms with van der Waals surface area (Å²) in [5, 5.41) is 20.2. The maximum atomic E-state index is 11.3. The average molecular weight is 473 g/mol. The maximum absolute atomic E-state index is 11.3. The summed E-state index contributed by atoms with van der Waals surface area (Å²) < 4.78 is 11.4. The number of rotatable bonds is 10. The van der Waals surface area contributed by atoms with E-state index in [4.69, 9.17) is 32.7 Å². The van der Waals surface area contributed by atoms with Gasteiger partial charge in [0.05, 0.1) is 16.1 Å². The highest BCUT2D eigenvalue weighted by atomic mass is 35.5. The van der Waals surface area contributed by atoms with E-state index in [2.05, 4.69) is 0 Å². The number of halogens is 2. The van der Waals surface area contributed by atoms with Gasteiger partial charge in [0.15, 0.2) is 5.60 Å². The van der Waals surface area contributed by atoms with Crippen LogP contribution in [0.1, 0.15) is 44.4 Å². The first-order chi connectivity index (χ1) is 14.1. The zero-order valence-corrected chi connectivity index (χ0v) is 19.7. The van der Waals surface area contributed by atoms with Gasteiger partial charge in [-0.05, 0) is 70.0 Å². The Morgan fingerprint density at radius 3 is 2.53 bits per heavy atom. The van der Waals surface area contributed by atoms with Crippen molar-refractivity contribution < 1.29 is 24.5 Å². The minimum absolute atomic E-state index is 0.0613. The molecule has 0 radical (unpaired) electrons. The number of carbonyl (C=O) groups is 1. The van der Waals surface area contributed by atoms with Gasteiger partial charge in [0.1, 0.15) is 11.5 Å². The molecular formula is C22H26Cl2O5S. The first-order valence-electron chi connectivity index (χ1n) is 9.51. The Morgan fingerprint density at radius 1 is 1.23 bits per heavy atom. The van der Waals surface area contributed by atoms with E-state index in [1.54, 1.807) is 23.9 Å². The number of phenols is 1. The number of benzene rings is 2. The number of carboxylic acid groups (broad SMARTS) is 1. The highest BCUT2D eigenvalue weighted by molar-refractivity contribution is 7.99. The highest BCUT2D eigenvalue weighted by Gasteiger charge is 2.30. The molecule has 5 nitrogen and oxygen atoms in total. The fourth-order valence-corrected chi connectivity index (χ4v) is 4.24. The third-order valence-corrected chi connectivity index (χ3v) is 6.32. The number of hydrogen-bond donors (Lipinski definition) is 2. The van der Waals surface area contributed by atoms with Crippen molar-refractivity contribution in [3.63, 3.8) is 0 Å². The van der Waals surface area contributed by atoms with Gasteiger partial charge in [-0.1, -0.05) is 23.2 Å². The van der Waals surface area contributed by atoms with Crippen LogP contribution in [0.15, 0.2) is 35.2 Å². The first kappa shape index (κ1) is 24.7. The molecule has 2 rings (SSSR count). The van der Waals surface area contributed by atoms with Crippen LogP contribution in [0, 0.1) is 6.92 Å². The fourth-order valence-electron chi connectivity index (χ4n) is 2.80. The average Bonchev–Trinajstić information content (AvgIpc) is 2.67. The predicted molar refractivity (Wildman–Crippen MR) is 121 cm³/mol. The molecule has 2 aromatic carbocycles. The number of aliphatic carboxylic acids is 1. The predicted octanol–water partition coefficient (Wildman–Crippen LogP) is 6.51. The maximum Gasteiger partial charge on any atom is 0.347 e. The number of hydrogen-bond acceptors (Lipinski definition) is 5. The van der Waals surface area contributed by atoms with E-state index in [-0.39, 0.29) is 11.9 Å².